The van der Waals surface area contributed by atoms with Gasteiger partial charge in [-0.15, -0.1) is 0 Å². The monoisotopic (exact) mass is 326 g/mol. The Morgan fingerprint density at radius 1 is 1.17 bits per heavy atom. The van der Waals surface area contributed by atoms with Gasteiger partial charge in [0.2, 0.25) is 5.91 Å². The summed E-state index contributed by atoms with van der Waals surface area (Å²) in [5.74, 6) is 0.371. The molecule has 1 amide bonds. The second-order valence-corrected chi connectivity index (χ2v) is 6.55. The van der Waals surface area contributed by atoms with Gasteiger partial charge in [0.25, 0.3) is 0 Å². The van der Waals surface area contributed by atoms with Crippen LogP contribution in [0.3, 0.4) is 0 Å². The largest absolute Gasteiger partial charge is 0.325 e. The molecule has 0 unspecified atom stereocenters. The molecule has 0 aliphatic heterocycles. The molecule has 2 aromatic carbocycles. The fourth-order valence-corrected chi connectivity index (χ4v) is 3.33. The normalized spacial score (nSPS) is 10.9. The zero-order valence-electron chi connectivity index (χ0n) is 13.5. The van der Waals surface area contributed by atoms with E-state index in [1.54, 1.807) is 0 Å². The van der Waals surface area contributed by atoms with Gasteiger partial charge in [-0.05, 0) is 54.9 Å². The van der Waals surface area contributed by atoms with Crippen LogP contribution in [0.15, 0.2) is 47.6 Å². The number of nitrogens with one attached hydrogen (secondary N) is 2. The van der Waals surface area contributed by atoms with E-state index in [9.17, 15) is 4.79 Å². The summed E-state index contributed by atoms with van der Waals surface area (Å²) < 4.78 is 2.07. The highest BCUT2D eigenvalue weighted by molar-refractivity contribution is 7.99. The number of para-hydroxylation sites is 2. The summed E-state index contributed by atoms with van der Waals surface area (Å²) in [7, 11) is 2.00. The van der Waals surface area contributed by atoms with Crippen LogP contribution in [0.5, 0.6) is 0 Å². The summed E-state index contributed by atoms with van der Waals surface area (Å²) in [4.78, 5) is 15.6. The number of aromatic amines is 1. The molecular weight excluding hydrogens is 306 g/mol. The lowest BCUT2D eigenvalue weighted by atomic mass is 10.1. The number of nitrogens with zero attached hydrogens (tertiary/aromatic N) is 1. The van der Waals surface area contributed by atoms with Gasteiger partial charge >= 0.3 is 5.16 Å². The first kappa shape index (κ1) is 15.6. The van der Waals surface area contributed by atoms with Gasteiger partial charge in [0.1, 0.15) is 0 Å². The number of thioether (sulfide) groups is 1. The number of carbonyl (C=O) groups is 1. The van der Waals surface area contributed by atoms with E-state index in [0.29, 0.717) is 5.75 Å². The van der Waals surface area contributed by atoms with Crippen LogP contribution in [0, 0.1) is 13.8 Å². The van der Waals surface area contributed by atoms with Gasteiger partial charge < -0.3 is 5.32 Å². The van der Waals surface area contributed by atoms with Crippen molar-refractivity contribution in [2.24, 2.45) is 7.05 Å². The topological polar surface area (TPSA) is 48.8 Å². The fraction of sp³-hybridized carbons (Fsp3) is 0.222. The van der Waals surface area contributed by atoms with Crippen molar-refractivity contribution in [2.45, 2.75) is 19.0 Å². The minimum absolute atomic E-state index is 0.00218. The number of hydrogen-bond donors (Lipinski definition) is 2. The lowest BCUT2D eigenvalue weighted by Gasteiger charge is -2.09. The minimum atomic E-state index is 0.00218. The van der Waals surface area contributed by atoms with Crippen LogP contribution in [0.1, 0.15) is 11.1 Å². The van der Waals surface area contributed by atoms with Crippen molar-refractivity contribution < 1.29 is 9.36 Å². The molecule has 118 valence electrons. The molecule has 0 spiro atoms. The van der Waals surface area contributed by atoms with Crippen LogP contribution in [-0.2, 0) is 11.8 Å². The van der Waals surface area contributed by atoms with Crippen LogP contribution in [0.25, 0.3) is 11.0 Å². The molecule has 1 aromatic heterocycles. The lowest BCUT2D eigenvalue weighted by molar-refractivity contribution is -0.683. The second-order valence-electron chi connectivity index (χ2n) is 5.59. The van der Waals surface area contributed by atoms with Gasteiger partial charge in [-0.25, -0.2) is 9.55 Å². The number of rotatable bonds is 4. The number of benzene rings is 2. The summed E-state index contributed by atoms with van der Waals surface area (Å²) in [6, 6.07) is 14.1. The Bertz CT molecular complexity index is 870. The summed E-state index contributed by atoms with van der Waals surface area (Å²) in [6.45, 7) is 4.07. The molecule has 3 aromatic rings. The smallest absolute Gasteiger partial charge is 0.317 e. The van der Waals surface area contributed by atoms with E-state index < -0.39 is 0 Å². The molecule has 0 aliphatic rings. The van der Waals surface area contributed by atoms with Gasteiger partial charge in [-0.3, -0.25) is 4.79 Å². The number of aryl methyl sites for hydroxylation is 2. The predicted octanol–water partition coefficient (Wildman–Crippen LogP) is 3.34. The van der Waals surface area contributed by atoms with Crippen LogP contribution in [0.2, 0.25) is 0 Å². The molecule has 5 heteroatoms. The molecule has 4 nitrogen and oxygen atoms in total. The van der Waals surface area contributed by atoms with E-state index in [0.717, 1.165) is 27.4 Å². The molecule has 0 saturated carbocycles. The van der Waals surface area contributed by atoms with Crippen molar-refractivity contribution >= 4 is 34.4 Å². The Morgan fingerprint density at radius 3 is 2.74 bits per heavy atom. The van der Waals surface area contributed by atoms with Gasteiger partial charge in [0.15, 0.2) is 11.0 Å². The predicted molar refractivity (Wildman–Crippen MR) is 94.7 cm³/mol. The summed E-state index contributed by atoms with van der Waals surface area (Å²) >= 11 is 1.51. The number of aromatic nitrogens is 2. The Kier molecular flexibility index (Phi) is 4.39. The molecule has 0 atom stereocenters. The van der Waals surface area contributed by atoms with Gasteiger partial charge in [0.05, 0.1) is 12.8 Å². The molecule has 23 heavy (non-hydrogen) atoms. The number of imidazole rings is 1. The highest BCUT2D eigenvalue weighted by Crippen LogP contribution is 2.20. The number of amides is 1. The van der Waals surface area contributed by atoms with Crippen molar-refractivity contribution in [1.82, 2.24) is 4.98 Å². The highest BCUT2D eigenvalue weighted by Gasteiger charge is 2.17. The van der Waals surface area contributed by atoms with Crippen LogP contribution in [0.4, 0.5) is 5.69 Å². The van der Waals surface area contributed by atoms with E-state index in [4.69, 9.17) is 0 Å². The molecule has 3 rings (SSSR count). The number of carbonyl (C=O) groups excluding carboxylic acids is 1. The summed E-state index contributed by atoms with van der Waals surface area (Å²) in [6.07, 6.45) is 0. The Balaban J connectivity index is 1.68. The quantitative estimate of drug-likeness (QED) is 0.571. The summed E-state index contributed by atoms with van der Waals surface area (Å²) in [5.41, 5.74) is 5.38. The maximum absolute atomic E-state index is 12.2. The molecule has 2 N–H and O–H groups in total. The molecule has 0 saturated heterocycles. The van der Waals surface area contributed by atoms with E-state index in [-0.39, 0.29) is 5.91 Å². The van der Waals surface area contributed by atoms with Crippen LogP contribution >= 0.6 is 11.8 Å². The zero-order valence-corrected chi connectivity index (χ0v) is 14.3. The second kappa shape index (κ2) is 6.46. The Hall–Kier alpha value is -2.27. The first-order valence-corrected chi connectivity index (χ1v) is 8.50. The zero-order chi connectivity index (χ0) is 16.4. The molecule has 0 bridgehead atoms. The van der Waals surface area contributed by atoms with Gasteiger partial charge in [0, 0.05) is 5.69 Å². The number of H-pyrrole nitrogens is 1. The van der Waals surface area contributed by atoms with Crippen molar-refractivity contribution in [2.75, 3.05) is 11.1 Å². The molecule has 0 radical (unpaired) electrons. The third-order valence-electron chi connectivity index (χ3n) is 4.03. The van der Waals surface area contributed by atoms with Crippen LogP contribution < -0.4 is 9.88 Å². The van der Waals surface area contributed by atoms with E-state index >= 15 is 0 Å². The Labute approximate surface area is 139 Å². The van der Waals surface area contributed by atoms with Crippen molar-refractivity contribution in [3.8, 4) is 0 Å². The molecule has 0 aliphatic carbocycles. The van der Waals surface area contributed by atoms with Gasteiger partial charge in [-0.1, -0.05) is 24.3 Å². The number of fused-ring (bicyclic) bond motifs is 1. The Morgan fingerprint density at radius 2 is 1.96 bits per heavy atom. The molecule has 1 heterocycles. The van der Waals surface area contributed by atoms with E-state index in [1.807, 2.05) is 57.3 Å². The van der Waals surface area contributed by atoms with Crippen molar-refractivity contribution in [3.63, 3.8) is 0 Å². The van der Waals surface area contributed by atoms with Crippen molar-refractivity contribution in [3.05, 3.63) is 53.6 Å². The lowest BCUT2D eigenvalue weighted by Crippen LogP contribution is -2.29. The molecular formula is C18H20N3OS+. The fourth-order valence-electron chi connectivity index (χ4n) is 2.52. The first-order chi connectivity index (χ1) is 11.1. The standard InChI is InChI=1S/C18H19N3OS/c1-12-7-6-9-14(13(12)2)19-17(22)11-23-18-20-15-8-4-5-10-16(15)21(18)3/h4-10H,11H2,1-3H3,(H,19,22)/p+1. The SMILES string of the molecule is Cc1cccc(NC(=O)CSc2[nH]c3ccccc3[n+]2C)c1C. The third kappa shape index (κ3) is 3.24. The third-order valence-corrected chi connectivity index (χ3v) is 5.09. The maximum atomic E-state index is 12.2. The van der Waals surface area contributed by atoms with Gasteiger partial charge in [-0.2, -0.15) is 0 Å². The van der Waals surface area contributed by atoms with Crippen LogP contribution in [-0.4, -0.2) is 16.6 Å². The minimum Gasteiger partial charge on any atom is -0.325 e. The number of anilines is 1. The first-order valence-electron chi connectivity index (χ1n) is 7.52. The molecule has 0 fully saturated rings. The van der Waals surface area contributed by atoms with E-state index in [1.165, 1.54) is 17.3 Å². The summed E-state index contributed by atoms with van der Waals surface area (Å²) in [5, 5.41) is 3.97. The van der Waals surface area contributed by atoms with Crippen molar-refractivity contribution in [1.29, 1.82) is 0 Å². The average Bonchev–Trinajstić information content (AvgIpc) is 2.87. The average molecular weight is 326 g/mol. The highest BCUT2D eigenvalue weighted by atomic mass is 32.2. The number of hydrogen-bond acceptors (Lipinski definition) is 2. The maximum Gasteiger partial charge on any atom is 0.317 e. The van der Waals surface area contributed by atoms with E-state index in [2.05, 4.69) is 20.9 Å².